The molecule has 0 saturated carbocycles. The molecule has 0 spiro atoms. The van der Waals surface area contributed by atoms with E-state index in [1.165, 1.54) is 212 Å². The molecular weight excluding hydrogens is 954 g/mol. The summed E-state index contributed by atoms with van der Waals surface area (Å²) in [6.45, 7) is 11.8. The van der Waals surface area contributed by atoms with E-state index in [9.17, 15) is 15.3 Å². The van der Waals surface area contributed by atoms with E-state index in [2.05, 4.69) is 63.1 Å². The smallest absolute Gasteiger partial charge is 0.105 e. The molecule has 0 radical (unpaired) electrons. The number of likely N-dealkylation sites (N-methyl/N-ethyl adjacent to an activating group) is 3. The third-order valence-corrected chi connectivity index (χ3v) is 14.4. The van der Waals surface area contributed by atoms with Crippen LogP contribution in [0.2, 0.25) is 0 Å². The monoisotopic (exact) mass is 1090 g/mol. The van der Waals surface area contributed by atoms with Gasteiger partial charge in [-0.05, 0) is 19.3 Å². The highest BCUT2D eigenvalue weighted by Gasteiger charge is 2.21. The lowest BCUT2D eigenvalue weighted by molar-refractivity contribution is -0.893. The summed E-state index contributed by atoms with van der Waals surface area (Å²) in [6.07, 6.45) is 50.9. The molecule has 0 amide bonds. The lowest BCUT2D eigenvalue weighted by Gasteiger charge is -2.36. The SMILES string of the molecule is CCCCCCCCCCCCCCC(O)C[N+](C)(C)CCO.CCCCCCCCCCCCCCC(O)C[N+](C)(C)CCO.CCCCCCCCCCCCCCC(O)C[N+](C)(C)CCO.O=P([O-])([O-])[O-]. The molecule has 0 fully saturated rings. The fourth-order valence-electron chi connectivity index (χ4n) is 9.73. The second-order valence-corrected chi connectivity index (χ2v) is 25.0. The Hall–Kier alpha value is -0.250. The van der Waals surface area contributed by atoms with E-state index in [0.29, 0.717) is 13.4 Å². The molecule has 6 N–H and O–H groups in total. The molecule has 0 aliphatic carbocycles. The van der Waals surface area contributed by atoms with Crippen molar-refractivity contribution in [1.29, 1.82) is 0 Å². The molecule has 13 nitrogen and oxygen atoms in total. The van der Waals surface area contributed by atoms with E-state index in [1.54, 1.807) is 0 Å². The molecule has 0 rings (SSSR count). The first kappa shape index (κ1) is 80.2. The standard InChI is InChI=1S/3C20H44NO2.H3O4P/c3*1-4-5-6-7-8-9-10-11-12-13-14-15-16-20(23)19-21(2,3)17-18-22;1-5(2,3)4/h3*20,22-23H,4-19H2,1-3H3;(H3,1,2,3,4)/q3*+1;/p-3. The second-order valence-electron chi connectivity index (χ2n) is 24.1. The van der Waals surface area contributed by atoms with Gasteiger partial charge in [0.1, 0.15) is 57.6 Å². The van der Waals surface area contributed by atoms with Gasteiger partial charge < -0.3 is 63.3 Å². The zero-order valence-electron chi connectivity index (χ0n) is 50.8. The van der Waals surface area contributed by atoms with E-state index in [1.807, 2.05) is 0 Å². The van der Waals surface area contributed by atoms with E-state index in [-0.39, 0.29) is 38.1 Å². The fraction of sp³-hybridized carbons (Fsp3) is 1.00. The molecule has 0 heterocycles. The highest BCUT2D eigenvalue weighted by Crippen LogP contribution is 2.17. The Balaban J connectivity index is -0.000000473. The van der Waals surface area contributed by atoms with Gasteiger partial charge in [-0.25, -0.2) is 0 Å². The van der Waals surface area contributed by atoms with Crippen molar-refractivity contribution in [2.24, 2.45) is 0 Å². The molecule has 0 bridgehead atoms. The zero-order valence-corrected chi connectivity index (χ0v) is 51.7. The molecule has 452 valence electrons. The number of nitrogens with zero attached hydrogens (tertiary/aromatic N) is 3. The summed E-state index contributed by atoms with van der Waals surface area (Å²) in [5.74, 6) is 0. The van der Waals surface area contributed by atoms with Crippen LogP contribution in [0.4, 0.5) is 0 Å². The Morgan fingerprint density at radius 1 is 0.311 bits per heavy atom. The molecule has 0 aromatic rings. The summed E-state index contributed by atoms with van der Waals surface area (Å²) in [4.78, 5) is 25.6. The Kier molecular flexibility index (Phi) is 62.3. The number of phosphoric acid groups is 1. The molecule has 3 unspecified atom stereocenters. The first-order valence-corrected chi connectivity index (χ1v) is 32.6. The summed E-state index contributed by atoms with van der Waals surface area (Å²) in [7, 11) is 7.04. The maximum Gasteiger partial charge on any atom is 0.105 e. The van der Waals surface area contributed by atoms with Crippen molar-refractivity contribution < 1.29 is 63.3 Å². The third-order valence-electron chi connectivity index (χ3n) is 14.4. The summed E-state index contributed by atoms with van der Waals surface area (Å²) in [5, 5.41) is 57.2. The summed E-state index contributed by atoms with van der Waals surface area (Å²) in [5.41, 5.74) is 0. The quantitative estimate of drug-likeness (QED) is 0.0193. The van der Waals surface area contributed by atoms with Gasteiger partial charge >= 0.3 is 0 Å². The van der Waals surface area contributed by atoms with Crippen molar-refractivity contribution in [3.63, 3.8) is 0 Å². The predicted molar refractivity (Wildman–Crippen MR) is 309 cm³/mol. The average Bonchev–Trinajstić information content (AvgIpc) is 3.29. The van der Waals surface area contributed by atoms with Crippen molar-refractivity contribution in [3.8, 4) is 0 Å². The van der Waals surface area contributed by atoms with Crippen LogP contribution in [-0.2, 0) is 4.57 Å². The van der Waals surface area contributed by atoms with Crippen molar-refractivity contribution in [2.45, 2.75) is 289 Å². The van der Waals surface area contributed by atoms with Crippen LogP contribution >= 0.6 is 7.82 Å². The summed E-state index contributed by atoms with van der Waals surface area (Å²) >= 11 is 0. The van der Waals surface area contributed by atoms with Crippen LogP contribution in [0.15, 0.2) is 0 Å². The fourth-order valence-corrected chi connectivity index (χ4v) is 9.73. The van der Waals surface area contributed by atoms with Gasteiger partial charge in [0, 0.05) is 0 Å². The molecule has 0 saturated heterocycles. The van der Waals surface area contributed by atoms with Gasteiger partial charge in [0.25, 0.3) is 0 Å². The highest BCUT2D eigenvalue weighted by molar-refractivity contribution is 7.40. The van der Waals surface area contributed by atoms with Gasteiger partial charge in [0.15, 0.2) is 0 Å². The van der Waals surface area contributed by atoms with Crippen molar-refractivity contribution >= 4 is 7.82 Å². The van der Waals surface area contributed by atoms with E-state index in [4.69, 9.17) is 34.6 Å². The number of hydrogen-bond acceptors (Lipinski definition) is 10. The number of quaternary nitrogens is 3. The minimum atomic E-state index is -5.39. The van der Waals surface area contributed by atoms with Gasteiger partial charge in [-0.1, -0.05) is 252 Å². The van der Waals surface area contributed by atoms with Crippen LogP contribution in [-0.4, -0.2) is 164 Å². The number of aliphatic hydroxyl groups is 6. The van der Waals surface area contributed by atoms with Crippen LogP contribution in [0, 0.1) is 0 Å². The molecule has 0 aromatic heterocycles. The predicted octanol–water partition coefficient (Wildman–Crippen LogP) is 10.7. The Morgan fingerprint density at radius 2 is 0.446 bits per heavy atom. The molecule has 0 aromatic carbocycles. The largest absolute Gasteiger partial charge is 0.822 e. The van der Waals surface area contributed by atoms with E-state index >= 15 is 0 Å². The van der Waals surface area contributed by atoms with Crippen LogP contribution in [0.3, 0.4) is 0 Å². The zero-order chi connectivity index (χ0) is 56.7. The molecule has 0 aliphatic heterocycles. The molecule has 74 heavy (non-hydrogen) atoms. The maximum atomic E-state index is 10.1. The minimum absolute atomic E-state index is 0.193. The van der Waals surface area contributed by atoms with Gasteiger partial charge in [-0.3, -0.25) is 0 Å². The van der Waals surface area contributed by atoms with Crippen LogP contribution in [0.5, 0.6) is 0 Å². The van der Waals surface area contributed by atoms with Crippen LogP contribution < -0.4 is 14.7 Å². The van der Waals surface area contributed by atoms with Crippen LogP contribution in [0.1, 0.15) is 271 Å². The highest BCUT2D eigenvalue weighted by atomic mass is 31.2. The van der Waals surface area contributed by atoms with Crippen molar-refractivity contribution in [3.05, 3.63) is 0 Å². The minimum Gasteiger partial charge on any atom is -0.822 e. The van der Waals surface area contributed by atoms with Crippen molar-refractivity contribution in [1.82, 2.24) is 0 Å². The number of rotatable bonds is 51. The molecule has 0 aliphatic rings. The topological polar surface area (TPSA) is 208 Å². The van der Waals surface area contributed by atoms with Crippen LogP contribution in [0.25, 0.3) is 0 Å². The lowest BCUT2D eigenvalue weighted by Crippen LogP contribution is -2.47. The molecular formula is C60H132N3O10P. The Morgan fingerprint density at radius 3 is 0.581 bits per heavy atom. The van der Waals surface area contributed by atoms with E-state index in [0.717, 1.165) is 77.8 Å². The lowest BCUT2D eigenvalue weighted by atomic mass is 10.0. The third kappa shape index (κ3) is 76.0. The Labute approximate surface area is 460 Å². The first-order valence-electron chi connectivity index (χ1n) is 31.1. The summed E-state index contributed by atoms with van der Waals surface area (Å²) < 4.78 is 10.7. The number of hydrogen-bond donors (Lipinski definition) is 6. The Bertz CT molecular complexity index is 1010. The average molecular weight is 1090 g/mol. The van der Waals surface area contributed by atoms with E-state index < -0.39 is 7.82 Å². The van der Waals surface area contributed by atoms with Crippen molar-refractivity contribution in [2.75, 3.05) is 101 Å². The maximum absolute atomic E-state index is 10.1. The second kappa shape index (κ2) is 57.4. The van der Waals surface area contributed by atoms with Gasteiger partial charge in [-0.15, -0.1) is 0 Å². The normalized spacial score (nSPS) is 13.3. The number of unbranched alkanes of at least 4 members (excludes halogenated alkanes) is 33. The molecule has 14 heteroatoms. The first-order chi connectivity index (χ1) is 35.0. The summed E-state index contributed by atoms with van der Waals surface area (Å²) in [6, 6.07) is 0. The van der Waals surface area contributed by atoms with Gasteiger partial charge in [-0.2, -0.15) is 7.82 Å². The number of aliphatic hydroxyl groups excluding tert-OH is 6. The molecule has 3 atom stereocenters. The van der Waals surface area contributed by atoms with Gasteiger partial charge in [0.2, 0.25) is 0 Å². The van der Waals surface area contributed by atoms with Gasteiger partial charge in [0.05, 0.1) is 62.1 Å².